The van der Waals surface area contributed by atoms with E-state index in [-0.39, 0.29) is 12.1 Å². The van der Waals surface area contributed by atoms with Crippen molar-refractivity contribution in [3.8, 4) is 0 Å². The Kier molecular flexibility index (Phi) is 5.77. The first-order chi connectivity index (χ1) is 7.56. The summed E-state index contributed by atoms with van der Waals surface area (Å²) in [6.45, 7) is 8.95. The minimum absolute atomic E-state index is 0.181. The van der Waals surface area contributed by atoms with E-state index < -0.39 is 0 Å². The summed E-state index contributed by atoms with van der Waals surface area (Å²) in [6, 6.07) is 0.839. The molecule has 1 aliphatic rings. The molecular weight excluding hydrogens is 198 g/mol. The van der Waals surface area contributed by atoms with Crippen LogP contribution in [0.1, 0.15) is 59.8 Å². The van der Waals surface area contributed by atoms with Gasteiger partial charge in [0.2, 0.25) is 0 Å². The SMILES string of the molecule is CCCC[C@@H](O)[C@H](C)NC1C(C)CC[C@@H]1C. The molecule has 0 aliphatic heterocycles. The van der Waals surface area contributed by atoms with Crippen molar-refractivity contribution in [3.63, 3.8) is 0 Å². The summed E-state index contributed by atoms with van der Waals surface area (Å²) in [4.78, 5) is 0. The van der Waals surface area contributed by atoms with Crippen LogP contribution >= 0.6 is 0 Å². The van der Waals surface area contributed by atoms with E-state index >= 15 is 0 Å². The highest BCUT2D eigenvalue weighted by molar-refractivity contribution is 4.88. The molecule has 0 aromatic carbocycles. The van der Waals surface area contributed by atoms with Crippen LogP contribution in [0.4, 0.5) is 0 Å². The predicted octanol–water partition coefficient (Wildman–Crippen LogP) is 2.95. The zero-order valence-electron chi connectivity index (χ0n) is 11.4. The molecule has 2 heteroatoms. The average molecular weight is 227 g/mol. The van der Waals surface area contributed by atoms with Gasteiger partial charge >= 0.3 is 0 Å². The van der Waals surface area contributed by atoms with Crippen LogP contribution in [0.2, 0.25) is 0 Å². The van der Waals surface area contributed by atoms with Crippen molar-refractivity contribution in [1.29, 1.82) is 0 Å². The molecule has 1 fully saturated rings. The van der Waals surface area contributed by atoms with Crippen LogP contribution in [0.5, 0.6) is 0 Å². The van der Waals surface area contributed by atoms with Crippen LogP contribution in [0.15, 0.2) is 0 Å². The topological polar surface area (TPSA) is 32.3 Å². The van der Waals surface area contributed by atoms with Crippen LogP contribution in [0.25, 0.3) is 0 Å². The first kappa shape index (κ1) is 14.0. The Morgan fingerprint density at radius 2 is 1.81 bits per heavy atom. The maximum atomic E-state index is 10.0. The Labute approximate surface area is 101 Å². The zero-order chi connectivity index (χ0) is 12.1. The zero-order valence-corrected chi connectivity index (χ0v) is 11.4. The second kappa shape index (κ2) is 6.61. The van der Waals surface area contributed by atoms with E-state index in [1.165, 1.54) is 19.3 Å². The Bertz CT molecular complexity index is 185. The molecule has 0 amide bonds. The summed E-state index contributed by atoms with van der Waals surface area (Å²) >= 11 is 0. The number of unbranched alkanes of at least 4 members (excludes halogenated alkanes) is 1. The summed E-state index contributed by atoms with van der Waals surface area (Å²) in [7, 11) is 0. The van der Waals surface area contributed by atoms with Crippen LogP contribution in [0, 0.1) is 11.8 Å². The summed E-state index contributed by atoms with van der Waals surface area (Å²) in [5.41, 5.74) is 0. The minimum Gasteiger partial charge on any atom is -0.392 e. The van der Waals surface area contributed by atoms with E-state index in [0.29, 0.717) is 6.04 Å². The smallest absolute Gasteiger partial charge is 0.0690 e. The lowest BCUT2D eigenvalue weighted by atomic mass is 9.97. The summed E-state index contributed by atoms with van der Waals surface area (Å²) < 4.78 is 0. The van der Waals surface area contributed by atoms with Gasteiger partial charge in [-0.1, -0.05) is 33.6 Å². The standard InChI is InChI=1S/C14H29NO/c1-5-6-7-13(16)12(4)15-14-10(2)8-9-11(14)3/h10-16H,5-9H2,1-4H3/t10-,11?,12-,13+,14?/m0/s1. The van der Waals surface area contributed by atoms with Gasteiger partial charge in [-0.15, -0.1) is 0 Å². The van der Waals surface area contributed by atoms with Crippen molar-refractivity contribution < 1.29 is 5.11 Å². The number of nitrogens with one attached hydrogen (secondary N) is 1. The van der Waals surface area contributed by atoms with Gasteiger partial charge in [-0.3, -0.25) is 0 Å². The van der Waals surface area contributed by atoms with E-state index in [1.807, 2.05) is 0 Å². The minimum atomic E-state index is -0.181. The summed E-state index contributed by atoms with van der Waals surface area (Å²) in [5.74, 6) is 1.52. The quantitative estimate of drug-likeness (QED) is 0.731. The first-order valence-electron chi connectivity index (χ1n) is 7.00. The van der Waals surface area contributed by atoms with E-state index in [9.17, 15) is 5.11 Å². The number of hydrogen-bond acceptors (Lipinski definition) is 2. The lowest BCUT2D eigenvalue weighted by Gasteiger charge is -2.29. The van der Waals surface area contributed by atoms with Gasteiger partial charge in [-0.05, 0) is 38.0 Å². The lowest BCUT2D eigenvalue weighted by Crippen LogP contribution is -2.46. The fourth-order valence-corrected chi connectivity index (χ4v) is 2.85. The largest absolute Gasteiger partial charge is 0.392 e. The molecule has 0 aromatic heterocycles. The molecular formula is C14H29NO. The van der Waals surface area contributed by atoms with Crippen LogP contribution in [-0.4, -0.2) is 23.3 Å². The van der Waals surface area contributed by atoms with Crippen LogP contribution in [-0.2, 0) is 0 Å². The molecule has 0 aromatic rings. The Morgan fingerprint density at radius 3 is 2.31 bits per heavy atom. The molecule has 0 saturated heterocycles. The van der Waals surface area contributed by atoms with Crippen LogP contribution in [0.3, 0.4) is 0 Å². The molecule has 2 N–H and O–H groups in total. The van der Waals surface area contributed by atoms with Gasteiger partial charge in [-0.2, -0.15) is 0 Å². The molecule has 0 bridgehead atoms. The van der Waals surface area contributed by atoms with Gasteiger partial charge in [0.05, 0.1) is 6.10 Å². The Hall–Kier alpha value is -0.0800. The molecule has 0 heterocycles. The van der Waals surface area contributed by atoms with Gasteiger partial charge in [0.25, 0.3) is 0 Å². The second-order valence-corrected chi connectivity index (χ2v) is 5.72. The van der Waals surface area contributed by atoms with E-state index in [4.69, 9.17) is 0 Å². The molecule has 2 unspecified atom stereocenters. The fraction of sp³-hybridized carbons (Fsp3) is 1.00. The van der Waals surface area contributed by atoms with Gasteiger partial charge < -0.3 is 10.4 Å². The lowest BCUT2D eigenvalue weighted by molar-refractivity contribution is 0.110. The first-order valence-corrected chi connectivity index (χ1v) is 7.00. The van der Waals surface area contributed by atoms with Gasteiger partial charge in [-0.25, -0.2) is 0 Å². The molecule has 0 radical (unpaired) electrons. The normalized spacial score (nSPS) is 33.9. The van der Waals surface area contributed by atoms with Crippen LogP contribution < -0.4 is 5.32 Å². The highest BCUT2D eigenvalue weighted by atomic mass is 16.3. The van der Waals surface area contributed by atoms with Crippen molar-refractivity contribution >= 4 is 0 Å². The Morgan fingerprint density at radius 1 is 1.25 bits per heavy atom. The molecule has 16 heavy (non-hydrogen) atoms. The van der Waals surface area contributed by atoms with Crippen molar-refractivity contribution in [3.05, 3.63) is 0 Å². The van der Waals surface area contributed by atoms with E-state index in [0.717, 1.165) is 24.7 Å². The Balaban J connectivity index is 2.34. The average Bonchev–Trinajstić information content (AvgIpc) is 2.57. The third-order valence-corrected chi connectivity index (χ3v) is 4.19. The van der Waals surface area contributed by atoms with E-state index in [1.54, 1.807) is 0 Å². The van der Waals surface area contributed by atoms with Crippen molar-refractivity contribution in [2.24, 2.45) is 11.8 Å². The summed E-state index contributed by atoms with van der Waals surface area (Å²) in [5, 5.41) is 13.7. The number of aliphatic hydroxyl groups excluding tert-OH is 1. The third kappa shape index (κ3) is 3.74. The van der Waals surface area contributed by atoms with Crippen molar-refractivity contribution in [1.82, 2.24) is 5.32 Å². The number of rotatable bonds is 6. The second-order valence-electron chi connectivity index (χ2n) is 5.72. The molecule has 1 aliphatic carbocycles. The molecule has 1 rings (SSSR count). The number of aliphatic hydroxyl groups is 1. The highest BCUT2D eigenvalue weighted by Gasteiger charge is 2.31. The van der Waals surface area contributed by atoms with Gasteiger partial charge in [0.15, 0.2) is 0 Å². The van der Waals surface area contributed by atoms with Crippen molar-refractivity contribution in [2.45, 2.75) is 78.0 Å². The third-order valence-electron chi connectivity index (χ3n) is 4.19. The molecule has 1 saturated carbocycles. The van der Waals surface area contributed by atoms with Crippen molar-refractivity contribution in [2.75, 3.05) is 0 Å². The number of hydrogen-bond donors (Lipinski definition) is 2. The van der Waals surface area contributed by atoms with E-state index in [2.05, 4.69) is 33.0 Å². The molecule has 0 spiro atoms. The fourth-order valence-electron chi connectivity index (χ4n) is 2.85. The monoisotopic (exact) mass is 227 g/mol. The molecule has 2 nitrogen and oxygen atoms in total. The predicted molar refractivity (Wildman–Crippen MR) is 69.5 cm³/mol. The highest BCUT2D eigenvalue weighted by Crippen LogP contribution is 2.31. The summed E-state index contributed by atoms with van der Waals surface area (Å²) in [6.07, 6.45) is 5.70. The van der Waals surface area contributed by atoms with Gasteiger partial charge in [0.1, 0.15) is 0 Å². The molecule has 96 valence electrons. The molecule has 5 atom stereocenters. The van der Waals surface area contributed by atoms with Gasteiger partial charge in [0, 0.05) is 12.1 Å². The maximum Gasteiger partial charge on any atom is 0.0690 e. The maximum absolute atomic E-state index is 10.0.